The molecule has 0 amide bonds. The number of fused-ring (bicyclic) bond motifs is 2. The molecule has 0 aromatic heterocycles. The summed E-state index contributed by atoms with van der Waals surface area (Å²) in [4.78, 5) is 0. The fourth-order valence-electron chi connectivity index (χ4n) is 4.18. The SMILES string of the molecule is CC(C)c1ccc(C(C)NC(C)C2CC3C=CC2C3)cc1. The Hall–Kier alpha value is -1.08. The second-order valence-electron chi connectivity index (χ2n) is 7.44. The summed E-state index contributed by atoms with van der Waals surface area (Å²) in [5.41, 5.74) is 2.84. The second kappa shape index (κ2) is 5.96. The summed E-state index contributed by atoms with van der Waals surface area (Å²) in [5, 5.41) is 3.84. The maximum Gasteiger partial charge on any atom is 0.0294 e. The van der Waals surface area contributed by atoms with Gasteiger partial charge in [-0.15, -0.1) is 0 Å². The predicted octanol–water partition coefficient (Wildman–Crippen LogP) is 5.06. The van der Waals surface area contributed by atoms with Crippen molar-refractivity contribution in [3.8, 4) is 0 Å². The highest BCUT2D eigenvalue weighted by atomic mass is 14.9. The van der Waals surface area contributed by atoms with Crippen LogP contribution in [-0.2, 0) is 0 Å². The molecule has 2 bridgehead atoms. The van der Waals surface area contributed by atoms with Crippen molar-refractivity contribution in [3.63, 3.8) is 0 Å². The summed E-state index contributed by atoms with van der Waals surface area (Å²) >= 11 is 0. The Balaban J connectivity index is 1.60. The van der Waals surface area contributed by atoms with E-state index in [2.05, 4.69) is 69.4 Å². The number of hydrogen-bond donors (Lipinski definition) is 1. The smallest absolute Gasteiger partial charge is 0.0294 e. The first-order chi connectivity index (χ1) is 10.0. The summed E-state index contributed by atoms with van der Waals surface area (Å²) in [7, 11) is 0. The Labute approximate surface area is 129 Å². The lowest BCUT2D eigenvalue weighted by molar-refractivity contribution is 0.307. The van der Waals surface area contributed by atoms with Crippen LogP contribution < -0.4 is 5.32 Å². The minimum atomic E-state index is 0.435. The van der Waals surface area contributed by atoms with E-state index in [0.717, 1.165) is 17.8 Å². The Morgan fingerprint density at radius 2 is 1.57 bits per heavy atom. The molecular weight excluding hydrogens is 254 g/mol. The van der Waals surface area contributed by atoms with Crippen LogP contribution in [0.25, 0.3) is 0 Å². The maximum atomic E-state index is 3.84. The molecule has 3 rings (SSSR count). The molecule has 1 aromatic rings. The molecule has 1 fully saturated rings. The second-order valence-corrected chi connectivity index (χ2v) is 7.44. The van der Waals surface area contributed by atoms with Gasteiger partial charge in [0.05, 0.1) is 0 Å². The fraction of sp³-hybridized carbons (Fsp3) is 0.600. The number of hydrogen-bond acceptors (Lipinski definition) is 1. The van der Waals surface area contributed by atoms with Crippen LogP contribution in [0, 0.1) is 17.8 Å². The van der Waals surface area contributed by atoms with Crippen LogP contribution in [-0.4, -0.2) is 6.04 Å². The first-order valence-corrected chi connectivity index (χ1v) is 8.59. The molecule has 0 saturated heterocycles. The average Bonchev–Trinajstić information content (AvgIpc) is 3.10. The van der Waals surface area contributed by atoms with Crippen molar-refractivity contribution in [1.29, 1.82) is 0 Å². The van der Waals surface area contributed by atoms with Crippen molar-refractivity contribution < 1.29 is 0 Å². The largest absolute Gasteiger partial charge is 0.307 e. The van der Waals surface area contributed by atoms with E-state index in [1.54, 1.807) is 0 Å². The molecule has 0 spiro atoms. The molecule has 5 atom stereocenters. The van der Waals surface area contributed by atoms with E-state index in [4.69, 9.17) is 0 Å². The Bertz CT molecular complexity index is 499. The fourth-order valence-corrected chi connectivity index (χ4v) is 4.18. The Kier molecular flexibility index (Phi) is 4.21. The zero-order valence-corrected chi connectivity index (χ0v) is 13.8. The van der Waals surface area contributed by atoms with Crippen molar-refractivity contribution in [2.45, 2.75) is 58.5 Å². The highest BCUT2D eigenvalue weighted by Crippen LogP contribution is 2.45. The van der Waals surface area contributed by atoms with Gasteiger partial charge in [-0.25, -0.2) is 0 Å². The molecule has 1 nitrogen and oxygen atoms in total. The number of allylic oxidation sites excluding steroid dienone is 2. The van der Waals surface area contributed by atoms with E-state index in [1.807, 2.05) is 0 Å². The van der Waals surface area contributed by atoms with Crippen LogP contribution in [0.2, 0.25) is 0 Å². The summed E-state index contributed by atoms with van der Waals surface area (Å²) < 4.78 is 0. The topological polar surface area (TPSA) is 12.0 Å². The van der Waals surface area contributed by atoms with Crippen LogP contribution in [0.5, 0.6) is 0 Å². The quantitative estimate of drug-likeness (QED) is 0.745. The molecular formula is C20H29N. The van der Waals surface area contributed by atoms with Crippen molar-refractivity contribution in [2.24, 2.45) is 17.8 Å². The van der Waals surface area contributed by atoms with E-state index in [1.165, 1.54) is 24.0 Å². The van der Waals surface area contributed by atoms with Crippen LogP contribution in [0.1, 0.15) is 63.6 Å². The molecule has 0 radical (unpaired) electrons. The monoisotopic (exact) mass is 283 g/mol. The maximum absolute atomic E-state index is 3.84. The number of benzene rings is 1. The van der Waals surface area contributed by atoms with Gasteiger partial charge in [0.25, 0.3) is 0 Å². The van der Waals surface area contributed by atoms with E-state index in [-0.39, 0.29) is 0 Å². The third kappa shape index (κ3) is 3.08. The minimum Gasteiger partial charge on any atom is -0.307 e. The lowest BCUT2D eigenvalue weighted by atomic mass is 9.87. The zero-order chi connectivity index (χ0) is 15.0. The van der Waals surface area contributed by atoms with Gasteiger partial charge in [-0.2, -0.15) is 0 Å². The predicted molar refractivity (Wildman–Crippen MR) is 90.4 cm³/mol. The van der Waals surface area contributed by atoms with E-state index < -0.39 is 0 Å². The summed E-state index contributed by atoms with van der Waals surface area (Å²) in [5.74, 6) is 3.14. The Morgan fingerprint density at radius 1 is 0.905 bits per heavy atom. The van der Waals surface area contributed by atoms with Gasteiger partial charge in [0.15, 0.2) is 0 Å². The lowest BCUT2D eigenvalue weighted by Gasteiger charge is -2.29. The normalized spacial score (nSPS) is 30.0. The van der Waals surface area contributed by atoms with Gasteiger partial charge in [-0.05, 0) is 61.5 Å². The summed E-state index contributed by atoms with van der Waals surface area (Å²) in [6.07, 6.45) is 7.67. The van der Waals surface area contributed by atoms with Crippen molar-refractivity contribution >= 4 is 0 Å². The third-order valence-corrected chi connectivity index (χ3v) is 5.59. The van der Waals surface area contributed by atoms with Gasteiger partial charge in [-0.3, -0.25) is 0 Å². The van der Waals surface area contributed by atoms with Crippen LogP contribution in [0.4, 0.5) is 0 Å². The molecule has 2 aliphatic rings. The molecule has 114 valence electrons. The van der Waals surface area contributed by atoms with E-state index in [9.17, 15) is 0 Å². The number of nitrogens with one attached hydrogen (secondary N) is 1. The molecule has 21 heavy (non-hydrogen) atoms. The highest BCUT2D eigenvalue weighted by molar-refractivity contribution is 5.26. The zero-order valence-electron chi connectivity index (χ0n) is 13.8. The van der Waals surface area contributed by atoms with Crippen molar-refractivity contribution in [1.82, 2.24) is 5.32 Å². The molecule has 5 unspecified atom stereocenters. The van der Waals surface area contributed by atoms with Crippen LogP contribution >= 0.6 is 0 Å². The summed E-state index contributed by atoms with van der Waals surface area (Å²) in [6.45, 7) is 9.17. The van der Waals surface area contributed by atoms with E-state index >= 15 is 0 Å². The molecule has 2 aliphatic carbocycles. The van der Waals surface area contributed by atoms with Crippen LogP contribution in [0.15, 0.2) is 36.4 Å². The van der Waals surface area contributed by atoms with Gasteiger partial charge in [0.2, 0.25) is 0 Å². The number of rotatable bonds is 5. The van der Waals surface area contributed by atoms with Crippen molar-refractivity contribution in [2.75, 3.05) is 0 Å². The average molecular weight is 283 g/mol. The van der Waals surface area contributed by atoms with Crippen LogP contribution in [0.3, 0.4) is 0 Å². The van der Waals surface area contributed by atoms with Gasteiger partial charge < -0.3 is 5.32 Å². The third-order valence-electron chi connectivity index (χ3n) is 5.59. The lowest BCUT2D eigenvalue weighted by Crippen LogP contribution is -2.37. The van der Waals surface area contributed by atoms with Gasteiger partial charge in [0, 0.05) is 12.1 Å². The van der Waals surface area contributed by atoms with E-state index in [0.29, 0.717) is 18.0 Å². The molecule has 1 saturated carbocycles. The first-order valence-electron chi connectivity index (χ1n) is 8.59. The highest BCUT2D eigenvalue weighted by Gasteiger charge is 2.38. The molecule has 1 N–H and O–H groups in total. The van der Waals surface area contributed by atoms with Gasteiger partial charge >= 0.3 is 0 Å². The molecule has 0 heterocycles. The molecule has 0 aliphatic heterocycles. The summed E-state index contributed by atoms with van der Waals surface area (Å²) in [6, 6.07) is 10.2. The minimum absolute atomic E-state index is 0.435. The molecule has 1 heteroatoms. The van der Waals surface area contributed by atoms with Gasteiger partial charge in [-0.1, -0.05) is 50.3 Å². The van der Waals surface area contributed by atoms with Crippen molar-refractivity contribution in [3.05, 3.63) is 47.5 Å². The Morgan fingerprint density at radius 3 is 2.10 bits per heavy atom. The first kappa shape index (κ1) is 14.8. The van der Waals surface area contributed by atoms with Gasteiger partial charge in [0.1, 0.15) is 0 Å². The molecule has 1 aromatic carbocycles. The standard InChI is InChI=1S/C20H29N/c1-13(2)17-7-9-18(10-8-17)14(3)21-15(4)20-12-16-5-6-19(20)11-16/h5-10,13-16,19-21H,11-12H2,1-4H3.